The largest absolute Gasteiger partial charge is 0.296 e. The lowest BCUT2D eigenvalue weighted by Gasteiger charge is -2.05. The van der Waals surface area contributed by atoms with Crippen LogP contribution in [0.1, 0.15) is 29.2 Å². The Morgan fingerprint density at radius 3 is 2.52 bits per heavy atom. The SMILES string of the molecule is CC(C)Cc1nnc(NC(=O)c2c(F)cc(Br)cc2F)s1. The second kappa shape index (κ2) is 6.57. The fourth-order valence-corrected chi connectivity index (χ4v) is 3.00. The highest BCUT2D eigenvalue weighted by Crippen LogP contribution is 2.22. The summed E-state index contributed by atoms with van der Waals surface area (Å²) < 4.78 is 27.6. The van der Waals surface area contributed by atoms with Gasteiger partial charge < -0.3 is 0 Å². The van der Waals surface area contributed by atoms with Crippen molar-refractivity contribution < 1.29 is 13.6 Å². The third-order valence-electron chi connectivity index (χ3n) is 2.50. The lowest BCUT2D eigenvalue weighted by Crippen LogP contribution is -2.15. The van der Waals surface area contributed by atoms with Crippen LogP contribution in [-0.4, -0.2) is 16.1 Å². The number of anilines is 1. The van der Waals surface area contributed by atoms with E-state index in [9.17, 15) is 13.6 Å². The van der Waals surface area contributed by atoms with E-state index in [1.807, 2.05) is 13.8 Å². The molecule has 1 heterocycles. The van der Waals surface area contributed by atoms with Crippen molar-refractivity contribution in [3.63, 3.8) is 0 Å². The standard InChI is InChI=1S/C13H12BrF2N3OS/c1-6(2)3-10-18-19-13(21-10)17-12(20)11-8(15)4-7(14)5-9(11)16/h4-6H,3H2,1-2H3,(H,17,19,20). The Hall–Kier alpha value is -1.41. The van der Waals surface area contributed by atoms with Gasteiger partial charge in [-0.1, -0.05) is 41.1 Å². The third kappa shape index (κ3) is 4.04. The van der Waals surface area contributed by atoms with E-state index in [1.54, 1.807) is 0 Å². The molecule has 4 nitrogen and oxygen atoms in total. The van der Waals surface area contributed by atoms with Gasteiger partial charge in [0.1, 0.15) is 22.2 Å². The first kappa shape index (κ1) is 16.0. The lowest BCUT2D eigenvalue weighted by atomic mass is 10.1. The molecular weight excluding hydrogens is 364 g/mol. The van der Waals surface area contributed by atoms with Crippen molar-refractivity contribution in [3.8, 4) is 0 Å². The molecule has 0 fully saturated rings. The van der Waals surface area contributed by atoms with Crippen LogP contribution in [0.15, 0.2) is 16.6 Å². The number of hydrogen-bond acceptors (Lipinski definition) is 4. The Morgan fingerprint density at radius 1 is 1.33 bits per heavy atom. The molecule has 1 aromatic heterocycles. The number of carbonyl (C=O) groups is 1. The Balaban J connectivity index is 2.17. The molecule has 0 saturated carbocycles. The summed E-state index contributed by atoms with van der Waals surface area (Å²) in [4.78, 5) is 11.9. The first-order valence-corrected chi connectivity index (χ1v) is 7.76. The maximum absolute atomic E-state index is 13.7. The number of aromatic nitrogens is 2. The number of carbonyl (C=O) groups excluding carboxylic acids is 1. The van der Waals surface area contributed by atoms with Crippen molar-refractivity contribution in [2.75, 3.05) is 5.32 Å². The molecule has 1 amide bonds. The van der Waals surface area contributed by atoms with Crippen LogP contribution in [0.3, 0.4) is 0 Å². The fourth-order valence-electron chi connectivity index (χ4n) is 1.65. The zero-order chi connectivity index (χ0) is 15.6. The van der Waals surface area contributed by atoms with Crippen molar-refractivity contribution in [2.45, 2.75) is 20.3 Å². The predicted molar refractivity (Wildman–Crippen MR) is 80.5 cm³/mol. The monoisotopic (exact) mass is 375 g/mol. The Labute approximate surface area is 132 Å². The fraction of sp³-hybridized carbons (Fsp3) is 0.308. The molecule has 0 aliphatic heterocycles. The highest BCUT2D eigenvalue weighted by molar-refractivity contribution is 9.10. The van der Waals surface area contributed by atoms with Gasteiger partial charge in [-0.3, -0.25) is 10.1 Å². The molecule has 0 unspecified atom stereocenters. The summed E-state index contributed by atoms with van der Waals surface area (Å²) in [6, 6.07) is 2.06. The van der Waals surface area contributed by atoms with Crippen molar-refractivity contribution in [3.05, 3.63) is 38.8 Å². The van der Waals surface area contributed by atoms with Crippen LogP contribution < -0.4 is 5.32 Å². The van der Waals surface area contributed by atoms with E-state index in [0.29, 0.717) is 5.92 Å². The molecule has 0 atom stereocenters. The summed E-state index contributed by atoms with van der Waals surface area (Å²) in [5, 5.41) is 11.1. The minimum absolute atomic E-state index is 0.220. The zero-order valence-corrected chi connectivity index (χ0v) is 13.7. The number of nitrogens with one attached hydrogen (secondary N) is 1. The molecule has 0 saturated heterocycles. The molecule has 0 spiro atoms. The Morgan fingerprint density at radius 2 is 1.95 bits per heavy atom. The van der Waals surface area contributed by atoms with Crippen LogP contribution in [0.5, 0.6) is 0 Å². The summed E-state index contributed by atoms with van der Waals surface area (Å²) in [5.74, 6) is -2.36. The third-order valence-corrected chi connectivity index (χ3v) is 3.82. The summed E-state index contributed by atoms with van der Waals surface area (Å²) in [6.45, 7) is 4.07. The lowest BCUT2D eigenvalue weighted by molar-refractivity contribution is 0.101. The summed E-state index contributed by atoms with van der Waals surface area (Å²) in [6.07, 6.45) is 0.731. The van der Waals surface area contributed by atoms with Crippen molar-refractivity contribution in [1.82, 2.24) is 10.2 Å². The minimum Gasteiger partial charge on any atom is -0.296 e. The molecule has 2 aromatic rings. The molecule has 8 heteroatoms. The van der Waals surface area contributed by atoms with Crippen molar-refractivity contribution >= 4 is 38.3 Å². The molecule has 21 heavy (non-hydrogen) atoms. The summed E-state index contributed by atoms with van der Waals surface area (Å²) in [7, 11) is 0. The average molecular weight is 376 g/mol. The maximum Gasteiger partial charge on any atom is 0.263 e. The average Bonchev–Trinajstić information content (AvgIpc) is 2.73. The van der Waals surface area contributed by atoms with E-state index in [1.165, 1.54) is 11.3 Å². The van der Waals surface area contributed by atoms with E-state index in [2.05, 4.69) is 31.4 Å². The summed E-state index contributed by atoms with van der Waals surface area (Å²) >= 11 is 4.15. The first-order chi connectivity index (χ1) is 9.86. The molecule has 2 rings (SSSR count). The minimum atomic E-state index is -0.939. The smallest absolute Gasteiger partial charge is 0.263 e. The van der Waals surface area contributed by atoms with Crippen LogP contribution in [0.25, 0.3) is 0 Å². The van der Waals surface area contributed by atoms with Gasteiger partial charge in [-0.25, -0.2) is 8.78 Å². The van der Waals surface area contributed by atoms with Gasteiger partial charge in [0.15, 0.2) is 0 Å². The number of benzene rings is 1. The molecule has 0 bridgehead atoms. The highest BCUT2D eigenvalue weighted by atomic mass is 79.9. The van der Waals surface area contributed by atoms with Gasteiger partial charge in [0.25, 0.3) is 5.91 Å². The van der Waals surface area contributed by atoms with Crippen LogP contribution in [0.2, 0.25) is 0 Å². The summed E-state index contributed by atoms with van der Waals surface area (Å²) in [5.41, 5.74) is -0.640. The van der Waals surface area contributed by atoms with E-state index in [4.69, 9.17) is 0 Å². The molecule has 1 N–H and O–H groups in total. The predicted octanol–water partition coefficient (Wildman–Crippen LogP) is 4.03. The first-order valence-electron chi connectivity index (χ1n) is 6.15. The van der Waals surface area contributed by atoms with E-state index in [-0.39, 0.29) is 9.60 Å². The number of nitrogens with zero attached hydrogens (tertiary/aromatic N) is 2. The zero-order valence-electron chi connectivity index (χ0n) is 11.3. The van der Waals surface area contributed by atoms with Crippen molar-refractivity contribution in [1.29, 1.82) is 0 Å². The number of rotatable bonds is 4. The van der Waals surface area contributed by atoms with Gasteiger partial charge in [-0.15, -0.1) is 10.2 Å². The highest BCUT2D eigenvalue weighted by Gasteiger charge is 2.20. The number of hydrogen-bond donors (Lipinski definition) is 1. The quantitative estimate of drug-likeness (QED) is 0.877. The molecular formula is C13H12BrF2N3OS. The molecule has 1 aromatic carbocycles. The van der Waals surface area contributed by atoms with Gasteiger partial charge in [-0.05, 0) is 18.1 Å². The van der Waals surface area contributed by atoms with E-state index >= 15 is 0 Å². The van der Waals surface area contributed by atoms with Gasteiger partial charge >= 0.3 is 0 Å². The molecule has 112 valence electrons. The molecule has 0 aliphatic carbocycles. The second-order valence-electron chi connectivity index (χ2n) is 4.80. The van der Waals surface area contributed by atoms with Crippen LogP contribution in [0, 0.1) is 17.6 Å². The van der Waals surface area contributed by atoms with Crippen molar-refractivity contribution in [2.24, 2.45) is 5.92 Å². The van der Waals surface area contributed by atoms with Gasteiger partial charge in [-0.2, -0.15) is 0 Å². The van der Waals surface area contributed by atoms with Gasteiger partial charge in [0, 0.05) is 10.9 Å². The number of halogens is 3. The van der Waals surface area contributed by atoms with E-state index in [0.717, 1.165) is 23.6 Å². The van der Waals surface area contributed by atoms with Gasteiger partial charge in [0.05, 0.1) is 0 Å². The normalized spacial score (nSPS) is 11.0. The van der Waals surface area contributed by atoms with Crippen LogP contribution >= 0.6 is 27.3 Å². The van der Waals surface area contributed by atoms with E-state index < -0.39 is 23.1 Å². The maximum atomic E-state index is 13.7. The molecule has 0 radical (unpaired) electrons. The van der Waals surface area contributed by atoms with Crippen LogP contribution in [0.4, 0.5) is 13.9 Å². The second-order valence-corrected chi connectivity index (χ2v) is 6.78. The Bertz CT molecular complexity index is 652. The molecule has 0 aliphatic rings. The van der Waals surface area contributed by atoms with Crippen LogP contribution in [-0.2, 0) is 6.42 Å². The van der Waals surface area contributed by atoms with Gasteiger partial charge in [0.2, 0.25) is 5.13 Å². The Kier molecular flexibility index (Phi) is 5.00. The number of amides is 1. The topological polar surface area (TPSA) is 54.9 Å².